The molecule has 2 heterocycles. The fourth-order valence-corrected chi connectivity index (χ4v) is 4.23. The standard InChI is InChI=1S/C20H25ClN6/c1-10(2)17-25-18(27(26-17)13-9-7-6-8-12(13)21)15-14(20(15,4)5)16-11(3)23-19(22)24-16/h6-10,14-15H,1-5H3,(H3,22,23,24). The second-order valence-corrected chi connectivity index (χ2v) is 8.66. The quantitative estimate of drug-likeness (QED) is 0.690. The minimum absolute atomic E-state index is 0.00663. The second-order valence-electron chi connectivity index (χ2n) is 8.26. The summed E-state index contributed by atoms with van der Waals surface area (Å²) in [6.07, 6.45) is 0. The van der Waals surface area contributed by atoms with Crippen molar-refractivity contribution >= 4 is 17.5 Å². The molecule has 2 atom stereocenters. The molecule has 0 bridgehead atoms. The number of rotatable bonds is 4. The molecule has 2 unspecified atom stereocenters. The molecular weight excluding hydrogens is 360 g/mol. The van der Waals surface area contributed by atoms with Crippen molar-refractivity contribution in [3.8, 4) is 5.69 Å². The summed E-state index contributed by atoms with van der Waals surface area (Å²) in [6.45, 7) is 10.7. The number of anilines is 1. The minimum atomic E-state index is 0.00663. The zero-order chi connectivity index (χ0) is 19.5. The van der Waals surface area contributed by atoms with Crippen LogP contribution in [0.1, 0.15) is 68.5 Å². The summed E-state index contributed by atoms with van der Waals surface area (Å²) in [6, 6.07) is 7.75. The minimum Gasteiger partial charge on any atom is -0.369 e. The van der Waals surface area contributed by atoms with Gasteiger partial charge in [-0.2, -0.15) is 5.10 Å². The van der Waals surface area contributed by atoms with Crippen molar-refractivity contribution in [2.75, 3.05) is 5.73 Å². The van der Waals surface area contributed by atoms with Crippen molar-refractivity contribution in [3.63, 3.8) is 0 Å². The lowest BCUT2D eigenvalue weighted by Gasteiger charge is -2.08. The van der Waals surface area contributed by atoms with E-state index in [2.05, 4.69) is 37.7 Å². The number of imidazole rings is 1. The van der Waals surface area contributed by atoms with Crippen molar-refractivity contribution in [1.82, 2.24) is 24.7 Å². The number of aromatic amines is 1. The van der Waals surface area contributed by atoms with Gasteiger partial charge in [0.2, 0.25) is 0 Å². The first-order valence-corrected chi connectivity index (χ1v) is 9.63. The van der Waals surface area contributed by atoms with E-state index in [0.29, 0.717) is 11.0 Å². The lowest BCUT2D eigenvalue weighted by atomic mass is 10.1. The number of nitrogen functional groups attached to an aromatic ring is 1. The van der Waals surface area contributed by atoms with Crippen LogP contribution in [0.3, 0.4) is 0 Å². The Morgan fingerprint density at radius 3 is 2.48 bits per heavy atom. The van der Waals surface area contributed by atoms with E-state index in [-0.39, 0.29) is 23.2 Å². The van der Waals surface area contributed by atoms with Gasteiger partial charge in [-0.25, -0.2) is 14.6 Å². The van der Waals surface area contributed by atoms with Crippen molar-refractivity contribution in [1.29, 1.82) is 0 Å². The lowest BCUT2D eigenvalue weighted by molar-refractivity contribution is 0.584. The summed E-state index contributed by atoms with van der Waals surface area (Å²) >= 11 is 6.48. The Balaban J connectivity index is 1.84. The van der Waals surface area contributed by atoms with Crippen LogP contribution in [0, 0.1) is 12.3 Å². The van der Waals surface area contributed by atoms with Crippen LogP contribution in [-0.4, -0.2) is 24.7 Å². The molecule has 1 aromatic carbocycles. The number of benzene rings is 1. The molecule has 1 aliphatic carbocycles. The van der Waals surface area contributed by atoms with Gasteiger partial charge in [-0.05, 0) is 24.5 Å². The van der Waals surface area contributed by atoms with Crippen LogP contribution in [0.15, 0.2) is 24.3 Å². The number of aromatic nitrogens is 5. The molecule has 0 spiro atoms. The maximum absolute atomic E-state index is 6.48. The summed E-state index contributed by atoms with van der Waals surface area (Å²) < 4.78 is 1.91. The summed E-state index contributed by atoms with van der Waals surface area (Å²) in [4.78, 5) is 12.6. The molecule has 2 aromatic heterocycles. The summed E-state index contributed by atoms with van der Waals surface area (Å²) in [7, 11) is 0. The van der Waals surface area contributed by atoms with Gasteiger partial charge in [0, 0.05) is 23.4 Å². The first-order chi connectivity index (χ1) is 12.7. The number of nitrogens with zero attached hydrogens (tertiary/aromatic N) is 4. The average molecular weight is 385 g/mol. The maximum Gasteiger partial charge on any atom is 0.197 e. The number of H-pyrrole nitrogens is 1. The third-order valence-corrected chi connectivity index (χ3v) is 5.91. The largest absolute Gasteiger partial charge is 0.369 e. The molecular formula is C20H25ClN6. The lowest BCUT2D eigenvalue weighted by Crippen LogP contribution is -2.05. The highest BCUT2D eigenvalue weighted by molar-refractivity contribution is 6.32. The van der Waals surface area contributed by atoms with Crippen molar-refractivity contribution in [2.24, 2.45) is 5.41 Å². The van der Waals surface area contributed by atoms with Gasteiger partial charge >= 0.3 is 0 Å². The number of para-hydroxylation sites is 1. The van der Waals surface area contributed by atoms with Gasteiger partial charge in [0.05, 0.1) is 16.4 Å². The van der Waals surface area contributed by atoms with E-state index < -0.39 is 0 Å². The summed E-state index contributed by atoms with van der Waals surface area (Å²) in [5.41, 5.74) is 8.78. The van der Waals surface area contributed by atoms with E-state index in [9.17, 15) is 0 Å². The molecule has 0 radical (unpaired) electrons. The Morgan fingerprint density at radius 1 is 1.19 bits per heavy atom. The van der Waals surface area contributed by atoms with Crippen LogP contribution in [0.4, 0.5) is 5.95 Å². The first kappa shape index (κ1) is 18.0. The Labute approximate surface area is 164 Å². The fraction of sp³-hybridized carbons (Fsp3) is 0.450. The first-order valence-electron chi connectivity index (χ1n) is 9.25. The molecule has 4 rings (SSSR count). The topological polar surface area (TPSA) is 85.4 Å². The van der Waals surface area contributed by atoms with Crippen LogP contribution >= 0.6 is 11.6 Å². The van der Waals surface area contributed by atoms with Gasteiger partial charge < -0.3 is 10.7 Å². The van der Waals surface area contributed by atoms with E-state index >= 15 is 0 Å². The molecule has 0 saturated heterocycles. The van der Waals surface area contributed by atoms with Gasteiger partial charge in [0.25, 0.3) is 0 Å². The highest BCUT2D eigenvalue weighted by Crippen LogP contribution is 2.69. The Morgan fingerprint density at radius 2 is 1.89 bits per heavy atom. The van der Waals surface area contributed by atoms with E-state index in [1.807, 2.05) is 35.9 Å². The van der Waals surface area contributed by atoms with Gasteiger partial charge in [0.15, 0.2) is 11.8 Å². The van der Waals surface area contributed by atoms with Gasteiger partial charge in [-0.1, -0.05) is 51.4 Å². The monoisotopic (exact) mass is 384 g/mol. The number of hydrogen-bond donors (Lipinski definition) is 2. The summed E-state index contributed by atoms with van der Waals surface area (Å²) in [5, 5.41) is 5.45. The van der Waals surface area contributed by atoms with Crippen LogP contribution in [-0.2, 0) is 0 Å². The molecule has 1 saturated carbocycles. The van der Waals surface area contributed by atoms with Crippen LogP contribution in [0.2, 0.25) is 5.02 Å². The van der Waals surface area contributed by atoms with Crippen molar-refractivity contribution < 1.29 is 0 Å². The predicted octanol–water partition coefficient (Wildman–Crippen LogP) is 4.57. The molecule has 27 heavy (non-hydrogen) atoms. The van der Waals surface area contributed by atoms with E-state index in [0.717, 1.165) is 28.7 Å². The zero-order valence-electron chi connectivity index (χ0n) is 16.3. The molecule has 7 heteroatoms. The van der Waals surface area contributed by atoms with Crippen LogP contribution in [0.5, 0.6) is 0 Å². The number of aryl methyl sites for hydroxylation is 1. The SMILES string of the molecule is Cc1[nH]c(N)nc1C1C(c2nc(C(C)C)nn2-c2ccccc2Cl)C1(C)C. The predicted molar refractivity (Wildman–Crippen MR) is 107 cm³/mol. The number of halogens is 1. The van der Waals surface area contributed by atoms with E-state index in [4.69, 9.17) is 27.4 Å². The summed E-state index contributed by atoms with van der Waals surface area (Å²) in [5.74, 6) is 2.87. The molecule has 1 fully saturated rings. The number of nitrogens with two attached hydrogens (primary N) is 1. The Bertz CT molecular complexity index is 1000. The molecule has 142 valence electrons. The highest BCUT2D eigenvalue weighted by Gasteiger charge is 2.63. The normalized spacial score (nSPS) is 21.0. The molecule has 0 amide bonds. The van der Waals surface area contributed by atoms with E-state index in [1.165, 1.54) is 0 Å². The molecule has 6 nitrogen and oxygen atoms in total. The van der Waals surface area contributed by atoms with Gasteiger partial charge in [0.1, 0.15) is 5.82 Å². The Kier molecular flexibility index (Phi) is 4.07. The molecule has 3 aromatic rings. The molecule has 3 N–H and O–H groups in total. The molecule has 1 aliphatic rings. The van der Waals surface area contributed by atoms with Crippen LogP contribution < -0.4 is 5.73 Å². The van der Waals surface area contributed by atoms with Crippen molar-refractivity contribution in [3.05, 3.63) is 52.3 Å². The Hall–Kier alpha value is -2.34. The van der Waals surface area contributed by atoms with Crippen LogP contribution in [0.25, 0.3) is 5.69 Å². The zero-order valence-corrected chi connectivity index (χ0v) is 17.0. The fourth-order valence-electron chi connectivity index (χ4n) is 4.02. The number of nitrogens with one attached hydrogen (secondary N) is 1. The molecule has 0 aliphatic heterocycles. The van der Waals surface area contributed by atoms with E-state index in [1.54, 1.807) is 0 Å². The smallest absolute Gasteiger partial charge is 0.197 e. The second kappa shape index (κ2) is 6.09. The van der Waals surface area contributed by atoms with Gasteiger partial charge in [-0.3, -0.25) is 0 Å². The highest BCUT2D eigenvalue weighted by atomic mass is 35.5. The average Bonchev–Trinajstić information content (AvgIpc) is 2.90. The third kappa shape index (κ3) is 2.83. The van der Waals surface area contributed by atoms with Crippen molar-refractivity contribution in [2.45, 2.75) is 52.4 Å². The number of hydrogen-bond acceptors (Lipinski definition) is 4. The van der Waals surface area contributed by atoms with Gasteiger partial charge in [-0.15, -0.1) is 0 Å². The third-order valence-electron chi connectivity index (χ3n) is 5.59. The maximum atomic E-state index is 6.48.